The highest BCUT2D eigenvalue weighted by Crippen LogP contribution is 2.40. The summed E-state index contributed by atoms with van der Waals surface area (Å²) in [5, 5.41) is 11.5. The fraction of sp³-hybridized carbons (Fsp3) is 0.588. The zero-order chi connectivity index (χ0) is 16.9. The average molecular weight is 361 g/mol. The quantitative estimate of drug-likeness (QED) is 0.592. The van der Waals surface area contributed by atoms with Gasteiger partial charge in [0, 0.05) is 28.5 Å². The van der Waals surface area contributed by atoms with Gasteiger partial charge < -0.3 is 14.6 Å². The van der Waals surface area contributed by atoms with Crippen molar-refractivity contribution in [1.82, 2.24) is 0 Å². The van der Waals surface area contributed by atoms with E-state index < -0.39 is 17.9 Å². The number of carbonyl (C=O) groups is 1. The Balaban J connectivity index is 2.26. The molecule has 0 aliphatic heterocycles. The van der Waals surface area contributed by atoms with Gasteiger partial charge in [0.15, 0.2) is 5.79 Å². The lowest BCUT2D eigenvalue weighted by Gasteiger charge is -2.36. The standard InChI is InChI=1S/C17H22Cl2O4/c1-2-22-15(20)11-14(16-12(18)7-6-8-13(16)19)23-17(21)9-4-3-5-10-17/h6-8,14,21H,2-5,9-11H2,1H3/t14-/m1/s1. The molecular weight excluding hydrogens is 339 g/mol. The lowest BCUT2D eigenvalue weighted by atomic mass is 9.93. The van der Waals surface area contributed by atoms with Crippen molar-refractivity contribution in [1.29, 1.82) is 0 Å². The van der Waals surface area contributed by atoms with Gasteiger partial charge in [0.2, 0.25) is 0 Å². The maximum Gasteiger partial charge on any atom is 0.308 e. The molecule has 1 aromatic rings. The molecule has 0 aromatic heterocycles. The first kappa shape index (κ1) is 18.5. The van der Waals surface area contributed by atoms with Gasteiger partial charge >= 0.3 is 5.97 Å². The minimum absolute atomic E-state index is 0.0421. The third-order valence-corrected chi connectivity index (χ3v) is 4.63. The van der Waals surface area contributed by atoms with E-state index in [4.69, 9.17) is 32.7 Å². The van der Waals surface area contributed by atoms with Crippen molar-refractivity contribution in [2.24, 2.45) is 0 Å². The number of halogens is 2. The van der Waals surface area contributed by atoms with E-state index in [0.717, 1.165) is 19.3 Å². The molecule has 6 heteroatoms. The van der Waals surface area contributed by atoms with E-state index >= 15 is 0 Å². The molecule has 0 spiro atoms. The molecular formula is C17H22Cl2O4. The summed E-state index contributed by atoms with van der Waals surface area (Å²) >= 11 is 12.5. The minimum Gasteiger partial charge on any atom is -0.466 e. The smallest absolute Gasteiger partial charge is 0.308 e. The van der Waals surface area contributed by atoms with Crippen LogP contribution in [0.5, 0.6) is 0 Å². The van der Waals surface area contributed by atoms with E-state index in [1.165, 1.54) is 0 Å². The summed E-state index contributed by atoms with van der Waals surface area (Å²) in [6.07, 6.45) is 3.14. The first-order valence-corrected chi connectivity index (χ1v) is 8.70. The Bertz CT molecular complexity index is 521. The molecule has 0 saturated heterocycles. The third kappa shape index (κ3) is 5.08. The normalized spacial score (nSPS) is 18.4. The maximum absolute atomic E-state index is 11.9. The first-order valence-electron chi connectivity index (χ1n) is 7.95. The Hall–Kier alpha value is -0.810. The molecule has 1 aromatic carbocycles. The fourth-order valence-corrected chi connectivity index (χ4v) is 3.52. The molecule has 0 heterocycles. The molecule has 1 N–H and O–H groups in total. The lowest BCUT2D eigenvalue weighted by molar-refractivity contribution is -0.248. The Morgan fingerprint density at radius 3 is 2.43 bits per heavy atom. The number of esters is 1. The third-order valence-electron chi connectivity index (χ3n) is 3.98. The van der Waals surface area contributed by atoms with Crippen molar-refractivity contribution in [3.05, 3.63) is 33.8 Å². The van der Waals surface area contributed by atoms with Crippen LogP contribution in [0, 0.1) is 0 Å². The van der Waals surface area contributed by atoms with Crippen molar-refractivity contribution in [2.75, 3.05) is 6.61 Å². The van der Waals surface area contributed by atoms with Gasteiger partial charge in [-0.25, -0.2) is 0 Å². The van der Waals surface area contributed by atoms with Crippen molar-refractivity contribution >= 4 is 29.2 Å². The van der Waals surface area contributed by atoms with Crippen LogP contribution < -0.4 is 0 Å². The summed E-state index contributed by atoms with van der Waals surface area (Å²) in [4.78, 5) is 11.9. The Kier molecular flexibility index (Phi) is 6.72. The van der Waals surface area contributed by atoms with Crippen LogP contribution in [0.3, 0.4) is 0 Å². The van der Waals surface area contributed by atoms with Crippen LogP contribution in [-0.2, 0) is 14.3 Å². The van der Waals surface area contributed by atoms with Crippen LogP contribution in [0.4, 0.5) is 0 Å². The van der Waals surface area contributed by atoms with Gasteiger partial charge in [-0.05, 0) is 31.9 Å². The summed E-state index contributed by atoms with van der Waals surface area (Å²) in [6, 6.07) is 5.11. The van der Waals surface area contributed by atoms with Crippen LogP contribution in [0.15, 0.2) is 18.2 Å². The Morgan fingerprint density at radius 1 is 1.26 bits per heavy atom. The zero-order valence-electron chi connectivity index (χ0n) is 13.2. The van der Waals surface area contributed by atoms with E-state index in [1.807, 2.05) is 0 Å². The number of ether oxygens (including phenoxy) is 2. The van der Waals surface area contributed by atoms with Gasteiger partial charge in [-0.1, -0.05) is 35.7 Å². The molecule has 1 fully saturated rings. The van der Waals surface area contributed by atoms with Crippen LogP contribution in [0.2, 0.25) is 10.0 Å². The molecule has 1 aliphatic rings. The van der Waals surface area contributed by atoms with Gasteiger partial charge in [0.25, 0.3) is 0 Å². The van der Waals surface area contributed by atoms with Crippen molar-refractivity contribution in [2.45, 2.75) is 57.3 Å². The molecule has 128 valence electrons. The highest BCUT2D eigenvalue weighted by molar-refractivity contribution is 6.36. The second-order valence-electron chi connectivity index (χ2n) is 5.76. The highest BCUT2D eigenvalue weighted by atomic mass is 35.5. The zero-order valence-corrected chi connectivity index (χ0v) is 14.7. The van der Waals surface area contributed by atoms with Crippen molar-refractivity contribution in [3.8, 4) is 0 Å². The Labute approximate surface area is 146 Å². The van der Waals surface area contributed by atoms with E-state index in [9.17, 15) is 9.90 Å². The predicted molar refractivity (Wildman–Crippen MR) is 89.6 cm³/mol. The maximum atomic E-state index is 11.9. The number of carbonyl (C=O) groups excluding carboxylic acids is 1. The molecule has 23 heavy (non-hydrogen) atoms. The van der Waals surface area contributed by atoms with Crippen LogP contribution in [0.1, 0.15) is 57.1 Å². The van der Waals surface area contributed by atoms with Crippen LogP contribution >= 0.6 is 23.2 Å². The molecule has 1 saturated carbocycles. The van der Waals surface area contributed by atoms with E-state index in [1.54, 1.807) is 25.1 Å². The SMILES string of the molecule is CCOC(=O)C[C@@H](OC1(O)CCCCC1)c1c(Cl)cccc1Cl. The number of aliphatic hydroxyl groups is 1. The topological polar surface area (TPSA) is 55.8 Å². The summed E-state index contributed by atoms with van der Waals surface area (Å²) < 4.78 is 10.9. The Morgan fingerprint density at radius 2 is 1.87 bits per heavy atom. The highest BCUT2D eigenvalue weighted by Gasteiger charge is 2.35. The predicted octanol–water partition coefficient (Wildman–Crippen LogP) is 4.66. The van der Waals surface area contributed by atoms with Gasteiger partial charge in [0.1, 0.15) is 0 Å². The summed E-state index contributed by atoms with van der Waals surface area (Å²) in [6.45, 7) is 2.02. The van der Waals surface area contributed by atoms with Crippen molar-refractivity contribution in [3.63, 3.8) is 0 Å². The van der Waals surface area contributed by atoms with E-state index in [0.29, 0.717) is 28.5 Å². The molecule has 0 radical (unpaired) electrons. The molecule has 1 atom stereocenters. The fourth-order valence-electron chi connectivity index (χ4n) is 2.88. The van der Waals surface area contributed by atoms with Gasteiger partial charge in [-0.15, -0.1) is 0 Å². The van der Waals surface area contributed by atoms with Gasteiger partial charge in [-0.2, -0.15) is 0 Å². The number of benzene rings is 1. The molecule has 0 amide bonds. The van der Waals surface area contributed by atoms with Crippen LogP contribution in [0.25, 0.3) is 0 Å². The molecule has 2 rings (SSSR count). The number of hydrogen-bond acceptors (Lipinski definition) is 4. The number of hydrogen-bond donors (Lipinski definition) is 1. The van der Waals surface area contributed by atoms with Crippen LogP contribution in [-0.4, -0.2) is 23.5 Å². The second kappa shape index (κ2) is 8.34. The van der Waals surface area contributed by atoms with Gasteiger partial charge in [0.05, 0.1) is 19.1 Å². The van der Waals surface area contributed by atoms with E-state index in [2.05, 4.69) is 0 Å². The summed E-state index contributed by atoms with van der Waals surface area (Å²) in [5.74, 6) is -1.66. The van der Waals surface area contributed by atoms with Gasteiger partial charge in [-0.3, -0.25) is 4.79 Å². The molecule has 4 nitrogen and oxygen atoms in total. The lowest BCUT2D eigenvalue weighted by Crippen LogP contribution is -2.36. The summed E-state index contributed by atoms with van der Waals surface area (Å²) in [5.41, 5.74) is 0.517. The molecule has 1 aliphatic carbocycles. The number of rotatable bonds is 6. The first-order chi connectivity index (χ1) is 10.9. The van der Waals surface area contributed by atoms with E-state index in [-0.39, 0.29) is 13.0 Å². The average Bonchev–Trinajstić information content (AvgIpc) is 2.47. The monoisotopic (exact) mass is 360 g/mol. The summed E-state index contributed by atoms with van der Waals surface area (Å²) in [7, 11) is 0. The largest absolute Gasteiger partial charge is 0.466 e. The van der Waals surface area contributed by atoms with Crippen molar-refractivity contribution < 1.29 is 19.4 Å². The minimum atomic E-state index is -1.25. The molecule has 0 bridgehead atoms. The second-order valence-corrected chi connectivity index (χ2v) is 6.57. The molecule has 0 unspecified atom stereocenters.